The number of anilines is 1. The number of fused-ring (bicyclic) bond motifs is 1. The first-order valence-corrected chi connectivity index (χ1v) is 8.91. The number of aromatic nitrogens is 3. The molecule has 2 N–H and O–H groups in total. The van der Waals surface area contributed by atoms with E-state index in [4.69, 9.17) is 0 Å². The molecule has 4 aromatic rings. The van der Waals surface area contributed by atoms with Gasteiger partial charge in [-0.3, -0.25) is 0 Å². The van der Waals surface area contributed by atoms with Gasteiger partial charge in [-0.25, -0.2) is 9.97 Å². The van der Waals surface area contributed by atoms with Crippen molar-refractivity contribution in [3.05, 3.63) is 77.0 Å². The van der Waals surface area contributed by atoms with E-state index in [2.05, 4.69) is 73.5 Å². The van der Waals surface area contributed by atoms with E-state index in [9.17, 15) is 0 Å². The fourth-order valence-corrected chi connectivity index (χ4v) is 3.13. The predicted octanol–water partition coefficient (Wildman–Crippen LogP) is 5.56. The molecule has 4 nitrogen and oxygen atoms in total. The second-order valence-corrected chi connectivity index (χ2v) is 6.87. The third-order valence-electron chi connectivity index (χ3n) is 4.23. The van der Waals surface area contributed by atoms with Gasteiger partial charge in [-0.05, 0) is 36.2 Å². The molecule has 0 radical (unpaired) electrons. The SMILES string of the molecule is C[C@H](Nc1ncnc2[nH]c(-c3ccc(Br)cc3)cc12)c1ccccc1. The zero-order chi connectivity index (χ0) is 17.2. The van der Waals surface area contributed by atoms with E-state index >= 15 is 0 Å². The van der Waals surface area contributed by atoms with Crippen LogP contribution in [0.15, 0.2) is 71.5 Å². The summed E-state index contributed by atoms with van der Waals surface area (Å²) >= 11 is 3.47. The van der Waals surface area contributed by atoms with Crippen LogP contribution in [0.5, 0.6) is 0 Å². The summed E-state index contributed by atoms with van der Waals surface area (Å²) in [5.41, 5.74) is 4.19. The number of nitrogens with zero attached hydrogens (tertiary/aromatic N) is 2. The van der Waals surface area contributed by atoms with Crippen LogP contribution in [0.2, 0.25) is 0 Å². The Bertz CT molecular complexity index is 993. The van der Waals surface area contributed by atoms with Gasteiger partial charge in [0.15, 0.2) is 0 Å². The summed E-state index contributed by atoms with van der Waals surface area (Å²) in [5.74, 6) is 0.834. The van der Waals surface area contributed by atoms with Crippen LogP contribution in [-0.2, 0) is 0 Å². The van der Waals surface area contributed by atoms with Gasteiger partial charge in [0, 0.05) is 16.2 Å². The normalized spacial score (nSPS) is 12.2. The number of rotatable bonds is 4. The molecule has 2 heterocycles. The topological polar surface area (TPSA) is 53.6 Å². The second kappa shape index (κ2) is 6.69. The van der Waals surface area contributed by atoms with Crippen molar-refractivity contribution in [3.63, 3.8) is 0 Å². The highest BCUT2D eigenvalue weighted by Gasteiger charge is 2.12. The van der Waals surface area contributed by atoms with Crippen molar-refractivity contribution in [2.24, 2.45) is 0 Å². The first-order chi connectivity index (χ1) is 12.2. The molecule has 0 saturated carbocycles. The Kier molecular flexibility index (Phi) is 4.24. The summed E-state index contributed by atoms with van der Waals surface area (Å²) in [4.78, 5) is 12.2. The molecule has 2 aromatic heterocycles. The van der Waals surface area contributed by atoms with E-state index in [0.29, 0.717) is 0 Å². The number of H-pyrrole nitrogens is 1. The molecule has 0 bridgehead atoms. The third-order valence-corrected chi connectivity index (χ3v) is 4.76. The third kappa shape index (κ3) is 3.28. The molecular formula is C20H17BrN4. The highest BCUT2D eigenvalue weighted by molar-refractivity contribution is 9.10. The maximum absolute atomic E-state index is 4.44. The van der Waals surface area contributed by atoms with E-state index in [1.807, 2.05) is 30.3 Å². The van der Waals surface area contributed by atoms with Crippen molar-refractivity contribution in [2.75, 3.05) is 5.32 Å². The monoisotopic (exact) mass is 392 g/mol. The fourth-order valence-electron chi connectivity index (χ4n) is 2.87. The lowest BCUT2D eigenvalue weighted by atomic mass is 10.1. The van der Waals surface area contributed by atoms with E-state index in [-0.39, 0.29) is 6.04 Å². The molecule has 0 spiro atoms. The van der Waals surface area contributed by atoms with Gasteiger partial charge in [0.05, 0.1) is 5.39 Å². The van der Waals surface area contributed by atoms with Gasteiger partial charge in [-0.2, -0.15) is 0 Å². The Morgan fingerprint density at radius 3 is 2.52 bits per heavy atom. The highest BCUT2D eigenvalue weighted by Crippen LogP contribution is 2.29. The van der Waals surface area contributed by atoms with E-state index in [1.165, 1.54) is 5.56 Å². The molecule has 0 amide bonds. The second-order valence-electron chi connectivity index (χ2n) is 5.95. The number of nitrogens with one attached hydrogen (secondary N) is 2. The summed E-state index contributed by atoms with van der Waals surface area (Å²) in [7, 11) is 0. The number of halogens is 1. The number of aromatic amines is 1. The standard InChI is InChI=1S/C20H17BrN4/c1-13(14-5-3-2-4-6-14)24-19-17-11-18(25-20(17)23-12-22-19)15-7-9-16(21)10-8-15/h2-13H,1H3,(H2,22,23,24,25)/t13-/m0/s1. The highest BCUT2D eigenvalue weighted by atomic mass is 79.9. The van der Waals surface area contributed by atoms with Gasteiger partial charge in [0.25, 0.3) is 0 Å². The van der Waals surface area contributed by atoms with Crippen LogP contribution >= 0.6 is 15.9 Å². The van der Waals surface area contributed by atoms with E-state index in [0.717, 1.165) is 32.6 Å². The molecule has 5 heteroatoms. The minimum atomic E-state index is 0.158. The van der Waals surface area contributed by atoms with Gasteiger partial charge in [0.2, 0.25) is 0 Å². The van der Waals surface area contributed by atoms with Crippen molar-refractivity contribution >= 4 is 32.8 Å². The maximum atomic E-state index is 4.44. The molecule has 0 saturated heterocycles. The summed E-state index contributed by atoms with van der Waals surface area (Å²) in [6.45, 7) is 2.13. The van der Waals surface area contributed by atoms with Crippen LogP contribution < -0.4 is 5.32 Å². The maximum Gasteiger partial charge on any atom is 0.143 e. The van der Waals surface area contributed by atoms with Gasteiger partial charge < -0.3 is 10.3 Å². The van der Waals surface area contributed by atoms with Crippen LogP contribution in [-0.4, -0.2) is 15.0 Å². The molecule has 2 aromatic carbocycles. The summed E-state index contributed by atoms with van der Waals surface area (Å²) in [6.07, 6.45) is 1.59. The quantitative estimate of drug-likeness (QED) is 0.477. The average Bonchev–Trinajstić information content (AvgIpc) is 3.08. The number of hydrogen-bond acceptors (Lipinski definition) is 3. The van der Waals surface area contributed by atoms with E-state index < -0.39 is 0 Å². The first-order valence-electron chi connectivity index (χ1n) is 8.12. The molecule has 25 heavy (non-hydrogen) atoms. The molecule has 124 valence electrons. The van der Waals surface area contributed by atoms with Crippen LogP contribution in [0.4, 0.5) is 5.82 Å². The van der Waals surface area contributed by atoms with Crippen molar-refractivity contribution < 1.29 is 0 Å². The van der Waals surface area contributed by atoms with Crippen LogP contribution in [0.3, 0.4) is 0 Å². The fraction of sp³-hybridized carbons (Fsp3) is 0.100. The van der Waals surface area contributed by atoms with Gasteiger partial charge in [-0.1, -0.05) is 58.4 Å². The molecule has 4 rings (SSSR count). The summed E-state index contributed by atoms with van der Waals surface area (Å²) in [6, 6.07) is 20.8. The zero-order valence-electron chi connectivity index (χ0n) is 13.7. The van der Waals surface area contributed by atoms with Gasteiger partial charge >= 0.3 is 0 Å². The molecule has 0 unspecified atom stereocenters. The summed E-state index contributed by atoms with van der Waals surface area (Å²) < 4.78 is 1.06. The Hall–Kier alpha value is -2.66. The minimum absolute atomic E-state index is 0.158. The molecule has 1 atom stereocenters. The Morgan fingerprint density at radius 2 is 1.76 bits per heavy atom. The lowest BCUT2D eigenvalue weighted by Crippen LogP contribution is -2.08. The average molecular weight is 393 g/mol. The first kappa shape index (κ1) is 15.8. The number of hydrogen-bond donors (Lipinski definition) is 2. The van der Waals surface area contributed by atoms with Crippen molar-refractivity contribution in [1.29, 1.82) is 0 Å². The smallest absolute Gasteiger partial charge is 0.143 e. The lowest BCUT2D eigenvalue weighted by Gasteiger charge is -2.15. The largest absolute Gasteiger partial charge is 0.363 e. The van der Waals surface area contributed by atoms with Crippen LogP contribution in [0.1, 0.15) is 18.5 Å². The van der Waals surface area contributed by atoms with Crippen LogP contribution in [0.25, 0.3) is 22.3 Å². The summed E-state index contributed by atoms with van der Waals surface area (Å²) in [5, 5.41) is 4.49. The van der Waals surface area contributed by atoms with Gasteiger partial charge in [-0.15, -0.1) is 0 Å². The van der Waals surface area contributed by atoms with Crippen molar-refractivity contribution in [3.8, 4) is 11.3 Å². The Labute approximate surface area is 154 Å². The van der Waals surface area contributed by atoms with Gasteiger partial charge in [0.1, 0.15) is 17.8 Å². The van der Waals surface area contributed by atoms with E-state index in [1.54, 1.807) is 6.33 Å². The Balaban J connectivity index is 1.69. The molecule has 0 fully saturated rings. The van der Waals surface area contributed by atoms with Crippen molar-refractivity contribution in [2.45, 2.75) is 13.0 Å². The number of benzene rings is 2. The lowest BCUT2D eigenvalue weighted by molar-refractivity contribution is 0.876. The van der Waals surface area contributed by atoms with Crippen LogP contribution in [0, 0.1) is 0 Å². The molecular weight excluding hydrogens is 376 g/mol. The van der Waals surface area contributed by atoms with Crippen molar-refractivity contribution in [1.82, 2.24) is 15.0 Å². The molecule has 0 aliphatic heterocycles. The molecule has 0 aliphatic rings. The predicted molar refractivity (Wildman–Crippen MR) is 106 cm³/mol. The Morgan fingerprint density at radius 1 is 1.00 bits per heavy atom. The minimum Gasteiger partial charge on any atom is -0.363 e. The zero-order valence-corrected chi connectivity index (χ0v) is 15.3. The molecule has 0 aliphatic carbocycles.